The molecule has 0 radical (unpaired) electrons. The Bertz CT molecular complexity index is 299. The average molecular weight is 221 g/mol. The van der Waals surface area contributed by atoms with E-state index in [1.165, 1.54) is 0 Å². The van der Waals surface area contributed by atoms with E-state index in [2.05, 4.69) is 0 Å². The molecule has 2 rings (SSSR count). The van der Waals surface area contributed by atoms with Gasteiger partial charge in [-0.15, -0.1) is 0 Å². The first kappa shape index (κ1) is 10.7. The lowest BCUT2D eigenvalue weighted by atomic mass is 10.0. The minimum atomic E-state index is -1.67. The van der Waals surface area contributed by atoms with Crippen LogP contribution in [0, 0.1) is 5.92 Å². The third-order valence-corrected chi connectivity index (χ3v) is 3.07. The Morgan fingerprint density at radius 3 is 2.53 bits per heavy atom. The van der Waals surface area contributed by atoms with Crippen LogP contribution in [0.15, 0.2) is 23.8 Å². The van der Waals surface area contributed by atoms with E-state index in [0.717, 1.165) is 6.08 Å². The van der Waals surface area contributed by atoms with Gasteiger partial charge in [-0.25, -0.2) is 0 Å². The summed E-state index contributed by atoms with van der Waals surface area (Å²) in [7, 11) is 0. The van der Waals surface area contributed by atoms with Gasteiger partial charge in [-0.1, -0.05) is 0 Å². The minimum absolute atomic E-state index is 0.0297. The first-order chi connectivity index (χ1) is 7.06. The summed E-state index contributed by atoms with van der Waals surface area (Å²) in [6, 6.07) is 0.0297. The number of halogens is 4. The van der Waals surface area contributed by atoms with Crippen molar-refractivity contribution in [3.8, 4) is 0 Å². The summed E-state index contributed by atoms with van der Waals surface area (Å²) < 4.78 is 48.5. The molecule has 0 aromatic carbocycles. The third kappa shape index (κ3) is 2.22. The zero-order valence-corrected chi connectivity index (χ0v) is 8.02. The molecule has 2 heterocycles. The van der Waals surface area contributed by atoms with Gasteiger partial charge in [0.05, 0.1) is 0 Å². The highest BCUT2D eigenvalue weighted by Gasteiger charge is 2.38. The second kappa shape index (κ2) is 3.96. The summed E-state index contributed by atoms with van der Waals surface area (Å²) in [6.45, 7) is 0.712. The third-order valence-electron chi connectivity index (χ3n) is 3.07. The maximum absolute atomic E-state index is 12.3. The minimum Gasteiger partial charge on any atom is -0.295 e. The molecule has 2 saturated heterocycles. The zero-order valence-electron chi connectivity index (χ0n) is 8.02. The molecule has 0 spiro atoms. The number of nitrogens with zero attached hydrogens (tertiary/aromatic N) is 1. The van der Waals surface area contributed by atoms with Crippen molar-refractivity contribution >= 4 is 0 Å². The number of hydrogen-bond acceptors (Lipinski definition) is 1. The summed E-state index contributed by atoms with van der Waals surface area (Å²) in [5, 5.41) is 0. The summed E-state index contributed by atoms with van der Waals surface area (Å²) >= 11 is 0. The van der Waals surface area contributed by atoms with E-state index in [4.69, 9.17) is 0 Å². The van der Waals surface area contributed by atoms with Crippen molar-refractivity contribution in [2.45, 2.75) is 18.9 Å². The summed E-state index contributed by atoms with van der Waals surface area (Å²) in [5.74, 6) is -0.177. The summed E-state index contributed by atoms with van der Waals surface area (Å²) in [4.78, 5) is 1.86. The molecule has 0 bridgehead atoms. The second-order valence-electron chi connectivity index (χ2n) is 4.10. The lowest BCUT2D eigenvalue weighted by Gasteiger charge is -2.11. The maximum atomic E-state index is 12.3. The molecule has 2 atom stereocenters. The Hall–Kier alpha value is -0.840. The van der Waals surface area contributed by atoms with Gasteiger partial charge in [-0.05, 0) is 24.8 Å². The van der Waals surface area contributed by atoms with Crippen LogP contribution < -0.4 is 0 Å². The molecule has 0 N–H and O–H groups in total. The molecule has 2 aliphatic rings. The van der Waals surface area contributed by atoms with Gasteiger partial charge in [0.1, 0.15) is 0 Å². The van der Waals surface area contributed by atoms with Crippen molar-refractivity contribution in [1.29, 1.82) is 0 Å². The van der Waals surface area contributed by atoms with Gasteiger partial charge in [0.2, 0.25) is 0 Å². The Morgan fingerprint density at radius 2 is 2.00 bits per heavy atom. The fourth-order valence-corrected chi connectivity index (χ4v) is 2.46. The fraction of sp³-hybridized carbons (Fsp3) is 0.600. The van der Waals surface area contributed by atoms with Crippen molar-refractivity contribution in [1.82, 2.24) is 4.90 Å². The van der Waals surface area contributed by atoms with Crippen LogP contribution in [0.5, 0.6) is 0 Å². The molecular formula is C10H11F4N. The number of hydrogen-bond donors (Lipinski definition) is 0. The van der Waals surface area contributed by atoms with Crippen molar-refractivity contribution in [2.24, 2.45) is 5.92 Å². The molecule has 2 unspecified atom stereocenters. The van der Waals surface area contributed by atoms with E-state index in [1.54, 1.807) is 0 Å². The van der Waals surface area contributed by atoms with Crippen molar-refractivity contribution in [3.63, 3.8) is 0 Å². The largest absolute Gasteiger partial charge is 0.295 e. The van der Waals surface area contributed by atoms with Gasteiger partial charge >= 0.3 is 0 Å². The number of fused-ring (bicyclic) bond motifs is 1. The molecular weight excluding hydrogens is 210 g/mol. The molecule has 15 heavy (non-hydrogen) atoms. The Kier molecular flexibility index (Phi) is 2.82. The maximum Gasteiger partial charge on any atom is 0.270 e. The SMILES string of the molecule is FC(F)=CC1CC2CC(=C(F)F)CN2C1. The molecule has 0 aliphatic carbocycles. The van der Waals surface area contributed by atoms with Crippen LogP contribution >= 0.6 is 0 Å². The molecule has 0 amide bonds. The molecule has 2 aliphatic heterocycles. The summed E-state index contributed by atoms with van der Waals surface area (Å²) in [6.07, 6.45) is -1.44. The predicted octanol–water partition coefficient (Wildman–Crippen LogP) is 3.01. The average Bonchev–Trinajstić information content (AvgIpc) is 2.58. The topological polar surface area (TPSA) is 3.24 Å². The molecule has 1 nitrogen and oxygen atoms in total. The van der Waals surface area contributed by atoms with Crippen molar-refractivity contribution in [3.05, 3.63) is 23.8 Å². The van der Waals surface area contributed by atoms with E-state index in [9.17, 15) is 17.6 Å². The first-order valence-corrected chi connectivity index (χ1v) is 4.86. The lowest BCUT2D eigenvalue weighted by Crippen LogP contribution is -2.22. The van der Waals surface area contributed by atoms with E-state index in [0.29, 0.717) is 19.4 Å². The van der Waals surface area contributed by atoms with Gasteiger partial charge in [-0.3, -0.25) is 4.90 Å². The van der Waals surface area contributed by atoms with E-state index in [1.807, 2.05) is 4.90 Å². The smallest absolute Gasteiger partial charge is 0.270 e. The van der Waals surface area contributed by atoms with E-state index >= 15 is 0 Å². The normalized spacial score (nSPS) is 30.5. The molecule has 0 aromatic rings. The highest BCUT2D eigenvalue weighted by atomic mass is 19.3. The quantitative estimate of drug-likeness (QED) is 0.615. The summed E-state index contributed by atoms with van der Waals surface area (Å²) in [5.41, 5.74) is 0.170. The monoisotopic (exact) mass is 221 g/mol. The second-order valence-corrected chi connectivity index (χ2v) is 4.10. The molecule has 0 saturated carbocycles. The van der Waals surface area contributed by atoms with Gasteiger partial charge in [-0.2, -0.15) is 17.6 Å². The fourth-order valence-electron chi connectivity index (χ4n) is 2.46. The first-order valence-electron chi connectivity index (χ1n) is 4.86. The van der Waals surface area contributed by atoms with Crippen LogP contribution in [0.1, 0.15) is 12.8 Å². The van der Waals surface area contributed by atoms with Crippen LogP contribution in [0.4, 0.5) is 17.6 Å². The van der Waals surface area contributed by atoms with Gasteiger partial charge < -0.3 is 0 Å². The van der Waals surface area contributed by atoms with Crippen LogP contribution in [-0.2, 0) is 0 Å². The van der Waals surface area contributed by atoms with Crippen LogP contribution in [0.3, 0.4) is 0 Å². The molecule has 84 valence electrons. The van der Waals surface area contributed by atoms with Gasteiger partial charge in [0.25, 0.3) is 12.2 Å². The Balaban J connectivity index is 1.99. The molecule has 0 aromatic heterocycles. The predicted molar refractivity (Wildman–Crippen MR) is 47.6 cm³/mol. The highest BCUT2D eigenvalue weighted by molar-refractivity contribution is 5.16. The Morgan fingerprint density at radius 1 is 1.27 bits per heavy atom. The number of rotatable bonds is 1. The van der Waals surface area contributed by atoms with Crippen molar-refractivity contribution in [2.75, 3.05) is 13.1 Å². The van der Waals surface area contributed by atoms with Crippen LogP contribution in [0.25, 0.3) is 0 Å². The van der Waals surface area contributed by atoms with Gasteiger partial charge in [0.15, 0.2) is 0 Å². The zero-order chi connectivity index (χ0) is 11.0. The van der Waals surface area contributed by atoms with Crippen LogP contribution in [-0.4, -0.2) is 24.0 Å². The van der Waals surface area contributed by atoms with Crippen LogP contribution in [0.2, 0.25) is 0 Å². The lowest BCUT2D eigenvalue weighted by molar-refractivity contribution is 0.321. The van der Waals surface area contributed by atoms with E-state index < -0.39 is 12.2 Å². The van der Waals surface area contributed by atoms with E-state index in [-0.39, 0.29) is 24.1 Å². The highest BCUT2D eigenvalue weighted by Crippen LogP contribution is 2.36. The molecule has 5 heteroatoms. The van der Waals surface area contributed by atoms with Crippen molar-refractivity contribution < 1.29 is 17.6 Å². The van der Waals surface area contributed by atoms with Gasteiger partial charge in [0, 0.05) is 24.7 Å². The Labute approximate surface area is 85.1 Å². The molecule has 2 fully saturated rings. The standard InChI is InChI=1S/C10H11F4N/c11-9(12)2-6-1-8-3-7(10(13)14)5-15(8)4-6/h2,6,8H,1,3-5H2.